The fourth-order valence-electron chi connectivity index (χ4n) is 4.40. The highest BCUT2D eigenvalue weighted by atomic mass is 16.2. The SMILES string of the molecule is Cc1cccc(NC(=O)c2cccc(C(=O)Nc3cccc(C)c3C)c2C(=O)Nc2cccc(C)c2C)c1C. The van der Waals surface area contributed by atoms with E-state index in [0.29, 0.717) is 17.1 Å². The number of hydrogen-bond donors (Lipinski definition) is 3. The number of carbonyl (C=O) groups excluding carboxylic acids is 3. The zero-order chi connectivity index (χ0) is 28.3. The highest BCUT2D eigenvalue weighted by Crippen LogP contribution is 2.26. The lowest BCUT2D eigenvalue weighted by atomic mass is 9.97. The Morgan fingerprint density at radius 3 is 1.10 bits per heavy atom. The quantitative estimate of drug-likeness (QED) is 0.250. The van der Waals surface area contributed by atoms with Crippen LogP contribution in [0.15, 0.2) is 72.8 Å². The van der Waals surface area contributed by atoms with Crippen molar-refractivity contribution in [3.63, 3.8) is 0 Å². The molecule has 4 rings (SSSR count). The van der Waals surface area contributed by atoms with Crippen LogP contribution in [-0.4, -0.2) is 17.7 Å². The molecule has 0 aliphatic carbocycles. The van der Waals surface area contributed by atoms with Crippen LogP contribution in [-0.2, 0) is 0 Å². The molecule has 4 aromatic carbocycles. The van der Waals surface area contributed by atoms with Crippen LogP contribution in [0.4, 0.5) is 17.1 Å². The van der Waals surface area contributed by atoms with Crippen LogP contribution >= 0.6 is 0 Å². The molecule has 3 N–H and O–H groups in total. The van der Waals surface area contributed by atoms with Crippen molar-refractivity contribution in [1.82, 2.24) is 0 Å². The molecule has 0 aliphatic heterocycles. The third-order valence-electron chi connectivity index (χ3n) is 7.34. The van der Waals surface area contributed by atoms with Crippen molar-refractivity contribution in [3.05, 3.63) is 123 Å². The smallest absolute Gasteiger partial charge is 0.257 e. The lowest BCUT2D eigenvalue weighted by Crippen LogP contribution is -2.26. The van der Waals surface area contributed by atoms with Gasteiger partial charge in [-0.2, -0.15) is 0 Å². The first-order chi connectivity index (χ1) is 18.6. The van der Waals surface area contributed by atoms with E-state index < -0.39 is 17.7 Å². The van der Waals surface area contributed by atoms with Crippen molar-refractivity contribution >= 4 is 34.8 Å². The number of hydrogen-bond acceptors (Lipinski definition) is 3. The van der Waals surface area contributed by atoms with Crippen LogP contribution in [0.5, 0.6) is 0 Å². The lowest BCUT2D eigenvalue weighted by molar-refractivity contribution is 0.0978. The first-order valence-electron chi connectivity index (χ1n) is 12.8. The number of carbonyl (C=O) groups is 3. The molecule has 0 saturated carbocycles. The van der Waals surface area contributed by atoms with Crippen LogP contribution in [0.3, 0.4) is 0 Å². The van der Waals surface area contributed by atoms with Gasteiger partial charge >= 0.3 is 0 Å². The summed E-state index contributed by atoms with van der Waals surface area (Å²) in [7, 11) is 0. The summed E-state index contributed by atoms with van der Waals surface area (Å²) in [4.78, 5) is 41.0. The average molecular weight is 520 g/mol. The van der Waals surface area contributed by atoms with Gasteiger partial charge in [-0.3, -0.25) is 14.4 Å². The normalized spacial score (nSPS) is 10.6. The van der Waals surface area contributed by atoms with Gasteiger partial charge in [0.2, 0.25) is 0 Å². The number of amides is 3. The molecule has 0 saturated heterocycles. The topological polar surface area (TPSA) is 87.3 Å². The van der Waals surface area contributed by atoms with Crippen LogP contribution < -0.4 is 16.0 Å². The van der Waals surface area contributed by atoms with Gasteiger partial charge in [0.05, 0.1) is 16.7 Å². The van der Waals surface area contributed by atoms with E-state index in [2.05, 4.69) is 16.0 Å². The largest absolute Gasteiger partial charge is 0.322 e. The van der Waals surface area contributed by atoms with Crippen molar-refractivity contribution in [1.29, 1.82) is 0 Å². The first-order valence-corrected chi connectivity index (χ1v) is 12.8. The molecule has 0 aromatic heterocycles. The van der Waals surface area contributed by atoms with Crippen LogP contribution in [0.25, 0.3) is 0 Å². The molecule has 0 bridgehead atoms. The number of benzene rings is 4. The van der Waals surface area contributed by atoms with Gasteiger partial charge in [-0.1, -0.05) is 42.5 Å². The summed E-state index contributed by atoms with van der Waals surface area (Å²) in [5.41, 5.74) is 7.95. The van der Waals surface area contributed by atoms with Gasteiger partial charge in [-0.05, 0) is 105 Å². The standard InChI is InChI=1S/C33H33N3O3/c1-19-11-7-16-27(22(19)4)34-31(37)25-14-10-15-26(32(38)35-28-17-8-12-20(2)23(28)5)30(25)33(39)36-29-18-9-13-21(3)24(29)6/h7-18H,1-6H3,(H,34,37)(H,35,38)(H,36,39). The Hall–Kier alpha value is -4.71. The molecule has 0 atom stereocenters. The molecule has 0 aliphatic rings. The van der Waals surface area contributed by atoms with E-state index in [1.54, 1.807) is 24.3 Å². The summed E-state index contributed by atoms with van der Waals surface area (Å²) < 4.78 is 0. The number of anilines is 3. The van der Waals surface area contributed by atoms with E-state index in [0.717, 1.165) is 33.4 Å². The van der Waals surface area contributed by atoms with E-state index in [1.165, 1.54) is 0 Å². The maximum Gasteiger partial charge on any atom is 0.257 e. The van der Waals surface area contributed by atoms with Gasteiger partial charge in [0.1, 0.15) is 0 Å². The van der Waals surface area contributed by atoms with Gasteiger partial charge in [-0.25, -0.2) is 0 Å². The Bertz CT molecular complexity index is 1520. The molecule has 198 valence electrons. The van der Waals surface area contributed by atoms with E-state index in [1.807, 2.05) is 90.1 Å². The van der Waals surface area contributed by atoms with Gasteiger partial charge in [-0.15, -0.1) is 0 Å². The zero-order valence-electron chi connectivity index (χ0n) is 23.2. The molecule has 3 amide bonds. The summed E-state index contributed by atoms with van der Waals surface area (Å²) in [5.74, 6) is -1.49. The van der Waals surface area contributed by atoms with Crippen molar-refractivity contribution in [2.45, 2.75) is 41.5 Å². The number of rotatable bonds is 6. The van der Waals surface area contributed by atoms with Crippen molar-refractivity contribution < 1.29 is 14.4 Å². The average Bonchev–Trinajstić information content (AvgIpc) is 2.91. The van der Waals surface area contributed by atoms with Gasteiger partial charge < -0.3 is 16.0 Å². The van der Waals surface area contributed by atoms with E-state index >= 15 is 0 Å². The van der Waals surface area contributed by atoms with E-state index in [9.17, 15) is 14.4 Å². The molecule has 6 nitrogen and oxygen atoms in total. The minimum Gasteiger partial charge on any atom is -0.322 e. The van der Waals surface area contributed by atoms with E-state index in [4.69, 9.17) is 0 Å². The molecule has 4 aromatic rings. The summed E-state index contributed by atoms with van der Waals surface area (Å²) in [5, 5.41) is 8.79. The Morgan fingerprint density at radius 1 is 0.436 bits per heavy atom. The number of nitrogens with one attached hydrogen (secondary N) is 3. The fourth-order valence-corrected chi connectivity index (χ4v) is 4.40. The monoisotopic (exact) mass is 519 g/mol. The highest BCUT2D eigenvalue weighted by Gasteiger charge is 2.26. The van der Waals surface area contributed by atoms with E-state index in [-0.39, 0.29) is 16.7 Å². The fraction of sp³-hybridized carbons (Fsp3) is 0.182. The molecule has 0 fully saturated rings. The Balaban J connectivity index is 1.79. The van der Waals surface area contributed by atoms with Gasteiger partial charge in [0, 0.05) is 17.1 Å². The Labute approximate surface area is 229 Å². The molecule has 0 heterocycles. The lowest BCUT2D eigenvalue weighted by Gasteiger charge is -2.18. The predicted molar refractivity (Wildman–Crippen MR) is 158 cm³/mol. The van der Waals surface area contributed by atoms with Crippen LogP contribution in [0.1, 0.15) is 64.5 Å². The third kappa shape index (κ3) is 5.75. The second kappa shape index (κ2) is 11.4. The molecule has 0 unspecified atom stereocenters. The van der Waals surface area contributed by atoms with Gasteiger partial charge in [0.15, 0.2) is 0 Å². The Morgan fingerprint density at radius 2 is 0.744 bits per heavy atom. The maximum atomic E-state index is 13.8. The third-order valence-corrected chi connectivity index (χ3v) is 7.34. The summed E-state index contributed by atoms with van der Waals surface area (Å²) >= 11 is 0. The maximum absolute atomic E-state index is 13.8. The summed E-state index contributed by atoms with van der Waals surface area (Å²) in [6.45, 7) is 11.6. The first kappa shape index (κ1) is 27.3. The predicted octanol–water partition coefficient (Wildman–Crippen LogP) is 7.29. The highest BCUT2D eigenvalue weighted by molar-refractivity contribution is 6.21. The molecule has 0 radical (unpaired) electrons. The van der Waals surface area contributed by atoms with Crippen molar-refractivity contribution in [2.24, 2.45) is 0 Å². The second-order valence-corrected chi connectivity index (χ2v) is 9.83. The summed E-state index contributed by atoms with van der Waals surface area (Å²) in [6.07, 6.45) is 0. The minimum atomic E-state index is -0.540. The van der Waals surface area contributed by atoms with Crippen LogP contribution in [0, 0.1) is 41.5 Å². The zero-order valence-corrected chi connectivity index (χ0v) is 23.2. The molecular formula is C33H33N3O3. The summed E-state index contributed by atoms with van der Waals surface area (Å²) in [6, 6.07) is 21.6. The Kier molecular flexibility index (Phi) is 7.96. The molecule has 6 heteroatoms. The van der Waals surface area contributed by atoms with Crippen LogP contribution in [0.2, 0.25) is 0 Å². The molecular weight excluding hydrogens is 486 g/mol. The molecule has 0 spiro atoms. The minimum absolute atomic E-state index is 0.00372. The number of aryl methyl sites for hydroxylation is 3. The molecule has 39 heavy (non-hydrogen) atoms. The second-order valence-electron chi connectivity index (χ2n) is 9.83. The van der Waals surface area contributed by atoms with Crippen molar-refractivity contribution in [2.75, 3.05) is 16.0 Å². The van der Waals surface area contributed by atoms with Gasteiger partial charge in [0.25, 0.3) is 17.7 Å². The van der Waals surface area contributed by atoms with Crippen molar-refractivity contribution in [3.8, 4) is 0 Å².